The monoisotopic (exact) mass is 583 g/mol. The van der Waals surface area contributed by atoms with Crippen LogP contribution in [0.4, 0.5) is 11.4 Å². The molecule has 0 radical (unpaired) electrons. The van der Waals surface area contributed by atoms with Crippen LogP contribution in [0.15, 0.2) is 23.0 Å². The van der Waals surface area contributed by atoms with Gasteiger partial charge in [0.1, 0.15) is 22.8 Å². The second-order valence-corrected chi connectivity index (χ2v) is 12.1. The smallest absolute Gasteiger partial charge is 0.255 e. The lowest BCUT2D eigenvalue weighted by Crippen LogP contribution is -2.65. The van der Waals surface area contributed by atoms with Crippen LogP contribution < -0.4 is 21.3 Å². The first-order valence-corrected chi connectivity index (χ1v) is 13.9. The van der Waals surface area contributed by atoms with E-state index >= 15 is 0 Å². The average molecular weight is 584 g/mol. The van der Waals surface area contributed by atoms with E-state index < -0.39 is 69.7 Å². The first kappa shape index (κ1) is 29.5. The number of aliphatic hydroxyl groups is 3. The minimum absolute atomic E-state index is 0.00938. The number of carbonyl (C=O) groups excluding carboxylic acids is 4. The van der Waals surface area contributed by atoms with E-state index in [1.54, 1.807) is 39.2 Å². The summed E-state index contributed by atoms with van der Waals surface area (Å²) in [5.41, 5.74) is 2.56. The molecule has 0 bridgehead atoms. The molecule has 4 aliphatic rings. The van der Waals surface area contributed by atoms with E-state index in [1.165, 1.54) is 4.90 Å². The molecular weight excluding hydrogens is 546 g/mol. The summed E-state index contributed by atoms with van der Waals surface area (Å²) in [6.07, 6.45) is 2.39. The number of aromatic hydroxyl groups is 1. The van der Waals surface area contributed by atoms with E-state index in [2.05, 4.69) is 10.6 Å². The van der Waals surface area contributed by atoms with E-state index in [0.717, 1.165) is 12.8 Å². The minimum Gasteiger partial charge on any atom is -0.508 e. The van der Waals surface area contributed by atoms with Crippen LogP contribution in [-0.4, -0.2) is 102 Å². The van der Waals surface area contributed by atoms with Crippen LogP contribution in [0.2, 0.25) is 0 Å². The molecule has 4 aliphatic carbocycles. The molecule has 226 valence electrons. The number of hydrogen-bond acceptors (Lipinski definition) is 11. The Labute approximate surface area is 242 Å². The van der Waals surface area contributed by atoms with Gasteiger partial charge in [0.25, 0.3) is 5.91 Å². The summed E-state index contributed by atoms with van der Waals surface area (Å²) in [5, 5.41) is 51.3. The number of ketones is 2. The Bertz CT molecular complexity index is 1460. The van der Waals surface area contributed by atoms with Gasteiger partial charge in [0, 0.05) is 31.3 Å². The summed E-state index contributed by atoms with van der Waals surface area (Å²) < 4.78 is 0. The van der Waals surface area contributed by atoms with Gasteiger partial charge in [-0.1, -0.05) is 0 Å². The highest BCUT2D eigenvalue weighted by Gasteiger charge is 2.64. The molecule has 0 spiro atoms. The van der Waals surface area contributed by atoms with Crippen molar-refractivity contribution in [2.45, 2.75) is 37.3 Å². The van der Waals surface area contributed by atoms with Crippen LogP contribution in [-0.2, 0) is 25.6 Å². The number of primary amides is 1. The van der Waals surface area contributed by atoms with Gasteiger partial charge in [0.15, 0.2) is 11.4 Å². The van der Waals surface area contributed by atoms with Gasteiger partial charge < -0.3 is 41.7 Å². The Balaban J connectivity index is 1.61. The van der Waals surface area contributed by atoms with Crippen LogP contribution in [0, 0.1) is 17.8 Å². The third kappa shape index (κ3) is 4.52. The van der Waals surface area contributed by atoms with Crippen molar-refractivity contribution >= 4 is 40.5 Å². The van der Waals surface area contributed by atoms with Gasteiger partial charge >= 0.3 is 0 Å². The van der Waals surface area contributed by atoms with Gasteiger partial charge in [-0.2, -0.15) is 0 Å². The molecule has 2 saturated carbocycles. The number of fused-ring (bicyclic) bond motifs is 3. The fourth-order valence-corrected chi connectivity index (χ4v) is 6.69. The van der Waals surface area contributed by atoms with Crippen molar-refractivity contribution in [2.75, 3.05) is 51.5 Å². The molecule has 13 nitrogen and oxygen atoms in total. The predicted octanol–water partition coefficient (Wildman–Crippen LogP) is -0.0319. The molecule has 8 N–H and O–H groups in total. The van der Waals surface area contributed by atoms with Crippen LogP contribution in [0.25, 0.3) is 5.76 Å². The Hall–Kier alpha value is -3.94. The van der Waals surface area contributed by atoms with Gasteiger partial charge in [-0.25, -0.2) is 0 Å². The lowest BCUT2D eigenvalue weighted by Gasteiger charge is -2.50. The highest BCUT2D eigenvalue weighted by molar-refractivity contribution is 6.24. The number of likely N-dealkylation sites (N-methyl/N-ethyl adjacent to an activating group) is 1. The molecule has 1 aromatic carbocycles. The van der Waals surface area contributed by atoms with Gasteiger partial charge in [0.05, 0.1) is 23.8 Å². The highest BCUT2D eigenvalue weighted by Crippen LogP contribution is 2.54. The molecule has 0 aromatic heterocycles. The maximum absolute atomic E-state index is 14.0. The van der Waals surface area contributed by atoms with Crippen molar-refractivity contribution in [3.63, 3.8) is 0 Å². The summed E-state index contributed by atoms with van der Waals surface area (Å²) in [6, 6.07) is 0.433. The summed E-state index contributed by atoms with van der Waals surface area (Å²) >= 11 is 0. The Kier molecular flexibility index (Phi) is 7.32. The first-order chi connectivity index (χ1) is 19.7. The number of aliphatic hydroxyl groups excluding tert-OH is 2. The lowest BCUT2D eigenvalue weighted by molar-refractivity contribution is -0.153. The molecule has 0 heterocycles. The zero-order valence-corrected chi connectivity index (χ0v) is 24.0. The number of rotatable bonds is 8. The number of phenolic OH excluding ortho intramolecular Hbond substituents is 1. The summed E-state index contributed by atoms with van der Waals surface area (Å²) in [6.45, 7) is 0.734. The van der Waals surface area contributed by atoms with E-state index in [9.17, 15) is 39.6 Å². The zero-order chi connectivity index (χ0) is 30.8. The van der Waals surface area contributed by atoms with E-state index in [1.807, 2.05) is 0 Å². The molecule has 4 atom stereocenters. The molecule has 13 heteroatoms. The molecule has 0 aliphatic heterocycles. The van der Waals surface area contributed by atoms with Gasteiger partial charge in [-0.05, 0) is 69.8 Å². The van der Waals surface area contributed by atoms with Crippen molar-refractivity contribution < 1.29 is 39.6 Å². The Morgan fingerprint density at radius 2 is 1.79 bits per heavy atom. The molecular formula is C29H37N5O8. The van der Waals surface area contributed by atoms with Crippen LogP contribution in [0.5, 0.6) is 5.75 Å². The molecule has 5 rings (SSSR count). The van der Waals surface area contributed by atoms with Gasteiger partial charge in [-0.15, -0.1) is 0 Å². The normalized spacial score (nSPS) is 27.0. The summed E-state index contributed by atoms with van der Waals surface area (Å²) in [7, 11) is 6.61. The summed E-state index contributed by atoms with van der Waals surface area (Å²) in [5.74, 6) is -7.10. The van der Waals surface area contributed by atoms with Crippen molar-refractivity contribution in [1.29, 1.82) is 0 Å². The zero-order valence-electron chi connectivity index (χ0n) is 24.0. The predicted molar refractivity (Wildman–Crippen MR) is 153 cm³/mol. The first-order valence-electron chi connectivity index (χ1n) is 13.9. The maximum atomic E-state index is 14.0. The quantitative estimate of drug-likeness (QED) is 0.160. The number of nitrogens with zero attached hydrogens (tertiary/aromatic N) is 2. The van der Waals surface area contributed by atoms with Crippen molar-refractivity contribution in [3.8, 4) is 5.75 Å². The van der Waals surface area contributed by atoms with Gasteiger partial charge in [-0.3, -0.25) is 24.1 Å². The van der Waals surface area contributed by atoms with Gasteiger partial charge in [0.2, 0.25) is 11.7 Å². The topological polar surface area (TPSA) is 206 Å². The number of anilines is 2. The van der Waals surface area contributed by atoms with Crippen LogP contribution in [0.3, 0.4) is 0 Å². The second-order valence-electron chi connectivity index (χ2n) is 12.1. The molecule has 2 amide bonds. The standard InChI is InChI=1S/C29H37N5O8/c1-33(2)17-9-16(32-18(35)11-31-10-12-5-6-12)23(36)20-14(17)7-13-8-15-22(34(3)4)25(38)21(28(30)41)27(40)29(15,42)26(39)19(13)24(20)37/h9,12-13,15,22,31,36-37,40,42H,5-8,10-11H2,1-4H3,(H2,30,41)(H,32,35)/t13-,15-,22-,29-/m0/s1. The minimum atomic E-state index is -2.72. The number of Topliss-reactive ketones (excluding diaryl/α,β-unsaturated/α-hetero) is 2. The van der Waals surface area contributed by atoms with Crippen molar-refractivity contribution in [2.24, 2.45) is 23.5 Å². The van der Waals surface area contributed by atoms with Crippen LogP contribution >= 0.6 is 0 Å². The molecule has 0 saturated heterocycles. The lowest BCUT2D eigenvalue weighted by atomic mass is 9.57. The molecule has 42 heavy (non-hydrogen) atoms. The Morgan fingerprint density at radius 1 is 1.12 bits per heavy atom. The number of nitrogens with one attached hydrogen (secondary N) is 2. The highest BCUT2D eigenvalue weighted by atomic mass is 16.3. The Morgan fingerprint density at radius 3 is 2.36 bits per heavy atom. The third-order valence-corrected chi connectivity index (χ3v) is 8.87. The fraction of sp³-hybridized carbons (Fsp3) is 0.517. The second kappa shape index (κ2) is 10.4. The SMILES string of the molecule is CN(C)c1cc(NC(=O)CNCC2CC2)c(O)c2c1C[C@H]1C[C@H]3[C@H](N(C)C)C(=O)C(C(N)=O)=C(O)[C@@]3(O)C(=O)C1=C2O. The molecule has 2 fully saturated rings. The van der Waals surface area contributed by atoms with E-state index in [4.69, 9.17) is 5.73 Å². The number of benzene rings is 1. The number of amides is 2. The van der Waals surface area contributed by atoms with E-state index in [0.29, 0.717) is 23.7 Å². The average Bonchev–Trinajstić information content (AvgIpc) is 3.71. The summed E-state index contributed by atoms with van der Waals surface area (Å²) in [4.78, 5) is 55.3. The number of carbonyl (C=O) groups is 4. The number of nitrogens with two attached hydrogens (primary N) is 1. The number of hydrogen-bond donors (Lipinski definition) is 7. The fourth-order valence-electron chi connectivity index (χ4n) is 6.69. The third-order valence-electron chi connectivity index (χ3n) is 8.87. The number of phenols is 1. The maximum Gasteiger partial charge on any atom is 0.255 e. The van der Waals surface area contributed by atoms with Crippen molar-refractivity contribution in [3.05, 3.63) is 34.1 Å². The molecule has 1 aromatic rings. The van der Waals surface area contributed by atoms with E-state index in [-0.39, 0.29) is 36.2 Å². The van der Waals surface area contributed by atoms with Crippen molar-refractivity contribution in [1.82, 2.24) is 10.2 Å². The molecule has 0 unspecified atom stereocenters. The van der Waals surface area contributed by atoms with Crippen LogP contribution in [0.1, 0.15) is 30.4 Å². The largest absolute Gasteiger partial charge is 0.508 e.